The molecule has 0 radical (unpaired) electrons. The van der Waals surface area contributed by atoms with Crippen molar-refractivity contribution < 1.29 is 19.0 Å². The van der Waals surface area contributed by atoms with E-state index in [4.69, 9.17) is 25.8 Å². The van der Waals surface area contributed by atoms with Gasteiger partial charge in [0.15, 0.2) is 11.5 Å². The number of carbonyl (C=O) groups is 1. The van der Waals surface area contributed by atoms with E-state index in [0.29, 0.717) is 23.1 Å². The molecule has 152 valence electrons. The zero-order valence-electron chi connectivity index (χ0n) is 16.2. The lowest BCUT2D eigenvalue weighted by Crippen LogP contribution is -2.61. The van der Waals surface area contributed by atoms with Gasteiger partial charge in [-0.25, -0.2) is 0 Å². The van der Waals surface area contributed by atoms with Crippen molar-refractivity contribution in [2.24, 2.45) is 0 Å². The van der Waals surface area contributed by atoms with Crippen molar-refractivity contribution in [3.8, 4) is 17.2 Å². The fourth-order valence-corrected chi connectivity index (χ4v) is 4.01. The lowest BCUT2D eigenvalue weighted by atomic mass is 9.89. The molecule has 2 atom stereocenters. The van der Waals surface area contributed by atoms with Gasteiger partial charge in [0.2, 0.25) is 12.9 Å². The van der Waals surface area contributed by atoms with Crippen LogP contribution in [0.2, 0.25) is 5.02 Å². The first kappa shape index (κ1) is 18.8. The highest BCUT2D eigenvalue weighted by atomic mass is 35.5. The third-order valence-corrected chi connectivity index (χ3v) is 5.70. The number of para-hydroxylation sites is 1. The molecular weight excluding hydrogens is 402 g/mol. The normalized spacial score (nSPS) is 19.5. The maximum Gasteiger partial charge on any atom is 0.266 e. The lowest BCUT2D eigenvalue weighted by Gasteiger charge is -2.47. The average molecular weight is 422 g/mol. The fraction of sp³-hybridized carbons (Fsp3) is 0.208. The molecule has 30 heavy (non-hydrogen) atoms. The molecule has 2 aliphatic rings. The zero-order valence-corrected chi connectivity index (χ0v) is 16.9. The third-order valence-electron chi connectivity index (χ3n) is 5.45. The summed E-state index contributed by atoms with van der Waals surface area (Å²) in [6.45, 7) is 0.806. The summed E-state index contributed by atoms with van der Waals surface area (Å²) in [5.74, 6) is 2.08. The number of ether oxygens (including phenoxy) is 3. The van der Waals surface area contributed by atoms with Gasteiger partial charge in [-0.3, -0.25) is 4.79 Å². The van der Waals surface area contributed by atoms with Crippen LogP contribution < -0.4 is 14.2 Å². The van der Waals surface area contributed by atoms with Crippen LogP contribution >= 0.6 is 11.6 Å². The third kappa shape index (κ3) is 3.57. The number of hydrogen-bond acceptors (Lipinski definition) is 4. The van der Waals surface area contributed by atoms with Gasteiger partial charge in [0, 0.05) is 11.6 Å². The van der Waals surface area contributed by atoms with Gasteiger partial charge >= 0.3 is 0 Å². The van der Waals surface area contributed by atoms with Crippen LogP contribution in [0, 0.1) is 0 Å². The molecule has 0 aliphatic carbocycles. The topological polar surface area (TPSA) is 48.0 Å². The van der Waals surface area contributed by atoms with E-state index in [9.17, 15) is 4.79 Å². The van der Waals surface area contributed by atoms with Crippen molar-refractivity contribution in [3.63, 3.8) is 0 Å². The number of benzene rings is 3. The second kappa shape index (κ2) is 7.92. The van der Waals surface area contributed by atoms with Crippen LogP contribution in [-0.4, -0.2) is 30.2 Å². The first-order chi connectivity index (χ1) is 14.7. The van der Waals surface area contributed by atoms with Crippen molar-refractivity contribution in [3.05, 3.63) is 88.9 Å². The highest BCUT2D eigenvalue weighted by Gasteiger charge is 2.50. The highest BCUT2D eigenvalue weighted by Crippen LogP contribution is 2.42. The Hall–Kier alpha value is -3.18. The van der Waals surface area contributed by atoms with Gasteiger partial charge in [-0.1, -0.05) is 48.0 Å². The van der Waals surface area contributed by atoms with Gasteiger partial charge in [-0.15, -0.1) is 0 Å². The fourth-order valence-electron chi connectivity index (χ4n) is 3.88. The van der Waals surface area contributed by atoms with Crippen molar-refractivity contribution in [2.75, 3.05) is 13.3 Å². The molecule has 0 N–H and O–H groups in total. The smallest absolute Gasteiger partial charge is 0.266 e. The predicted octanol–water partition coefficient (Wildman–Crippen LogP) is 4.64. The van der Waals surface area contributed by atoms with Crippen molar-refractivity contribution in [2.45, 2.75) is 18.6 Å². The van der Waals surface area contributed by atoms with Crippen LogP contribution in [0.25, 0.3) is 0 Å². The first-order valence-electron chi connectivity index (χ1n) is 9.85. The van der Waals surface area contributed by atoms with E-state index < -0.39 is 6.10 Å². The molecular formula is C24H20ClNO4. The Morgan fingerprint density at radius 1 is 0.967 bits per heavy atom. The Kier molecular flexibility index (Phi) is 4.97. The number of halogens is 1. The number of β-lactam (4-membered cyclic amide) rings is 1. The van der Waals surface area contributed by atoms with Crippen molar-refractivity contribution >= 4 is 17.5 Å². The van der Waals surface area contributed by atoms with E-state index in [2.05, 4.69) is 0 Å². The van der Waals surface area contributed by atoms with Crippen LogP contribution in [0.3, 0.4) is 0 Å². The maximum atomic E-state index is 13.0. The molecule has 1 amide bonds. The summed E-state index contributed by atoms with van der Waals surface area (Å²) in [5.41, 5.74) is 2.10. The Morgan fingerprint density at radius 3 is 2.53 bits per heavy atom. The molecule has 1 fully saturated rings. The molecule has 5 rings (SSSR count). The van der Waals surface area contributed by atoms with E-state index in [-0.39, 0.29) is 18.7 Å². The van der Waals surface area contributed by atoms with E-state index in [1.165, 1.54) is 0 Å². The number of hydrogen-bond donors (Lipinski definition) is 0. The van der Waals surface area contributed by atoms with Crippen LogP contribution in [0.4, 0.5) is 0 Å². The first-order valence-corrected chi connectivity index (χ1v) is 10.2. The van der Waals surface area contributed by atoms with E-state index in [1.54, 1.807) is 0 Å². The molecule has 2 heterocycles. The molecule has 0 unspecified atom stereocenters. The Morgan fingerprint density at radius 2 is 1.73 bits per heavy atom. The number of fused-ring (bicyclic) bond motifs is 1. The predicted molar refractivity (Wildman–Crippen MR) is 113 cm³/mol. The van der Waals surface area contributed by atoms with E-state index >= 15 is 0 Å². The number of carbonyl (C=O) groups excluding carboxylic acids is 1. The summed E-state index contributed by atoms with van der Waals surface area (Å²) in [6, 6.07) is 22.7. The summed E-state index contributed by atoms with van der Waals surface area (Å²) >= 11 is 5.98. The molecule has 2 aliphatic heterocycles. The molecule has 0 aromatic heterocycles. The summed E-state index contributed by atoms with van der Waals surface area (Å²) in [6.07, 6.45) is 0.167. The summed E-state index contributed by atoms with van der Waals surface area (Å²) < 4.78 is 17.0. The lowest BCUT2D eigenvalue weighted by molar-refractivity contribution is -0.164. The Balaban J connectivity index is 1.39. The molecule has 6 heteroatoms. The van der Waals surface area contributed by atoms with Crippen LogP contribution in [-0.2, 0) is 11.2 Å². The molecule has 0 bridgehead atoms. The van der Waals surface area contributed by atoms with Gasteiger partial charge < -0.3 is 19.1 Å². The number of rotatable bonds is 6. The molecule has 5 nitrogen and oxygen atoms in total. The number of amides is 1. The molecule has 3 aromatic rings. The second-order valence-electron chi connectivity index (χ2n) is 7.32. The van der Waals surface area contributed by atoms with Crippen LogP contribution in [0.1, 0.15) is 17.2 Å². The van der Waals surface area contributed by atoms with Crippen LogP contribution in [0.15, 0.2) is 72.8 Å². The Bertz CT molecular complexity index is 1050. The zero-order chi connectivity index (χ0) is 20.5. The summed E-state index contributed by atoms with van der Waals surface area (Å²) in [5, 5.41) is 0.702. The summed E-state index contributed by atoms with van der Waals surface area (Å²) in [4.78, 5) is 14.8. The quantitative estimate of drug-likeness (QED) is 0.544. The van der Waals surface area contributed by atoms with E-state index in [0.717, 1.165) is 23.3 Å². The van der Waals surface area contributed by atoms with Crippen molar-refractivity contribution in [1.82, 2.24) is 4.90 Å². The van der Waals surface area contributed by atoms with Gasteiger partial charge in [0.25, 0.3) is 5.91 Å². The molecule has 0 saturated carbocycles. The average Bonchev–Trinajstić information content (AvgIpc) is 3.25. The largest absolute Gasteiger partial charge is 0.478 e. The SMILES string of the molecule is O=C1[C@@H](Oc2ccccc2)[C@H](c2ccc3c(c2)OCO3)N1CCc1ccc(Cl)cc1. The van der Waals surface area contributed by atoms with Gasteiger partial charge in [0.1, 0.15) is 11.8 Å². The second-order valence-corrected chi connectivity index (χ2v) is 7.75. The standard InChI is InChI=1S/C24H20ClNO4/c25-18-9-6-16(7-10-18)12-13-26-22(17-8-11-20-21(14-17)29-15-28-20)23(24(26)27)30-19-4-2-1-3-5-19/h1-11,14,22-23H,12-13,15H2/t22-,23-/m0/s1. The van der Waals surface area contributed by atoms with Crippen LogP contribution in [0.5, 0.6) is 17.2 Å². The van der Waals surface area contributed by atoms with Crippen molar-refractivity contribution in [1.29, 1.82) is 0 Å². The van der Waals surface area contributed by atoms with Gasteiger partial charge in [-0.05, 0) is 53.9 Å². The minimum absolute atomic E-state index is 0.0181. The molecule has 1 saturated heterocycles. The highest BCUT2D eigenvalue weighted by molar-refractivity contribution is 6.30. The maximum absolute atomic E-state index is 13.0. The monoisotopic (exact) mass is 421 g/mol. The molecule has 3 aromatic carbocycles. The number of nitrogens with zero attached hydrogens (tertiary/aromatic N) is 1. The minimum Gasteiger partial charge on any atom is -0.478 e. The molecule has 0 spiro atoms. The minimum atomic E-state index is -0.571. The van der Waals surface area contributed by atoms with Gasteiger partial charge in [-0.2, -0.15) is 0 Å². The van der Waals surface area contributed by atoms with Gasteiger partial charge in [0.05, 0.1) is 0 Å². The van der Waals surface area contributed by atoms with E-state index in [1.807, 2.05) is 77.7 Å². The Labute approximate surface area is 179 Å². The number of likely N-dealkylation sites (tertiary alicyclic amines) is 1. The summed E-state index contributed by atoms with van der Waals surface area (Å²) in [7, 11) is 0.